The number of fused-ring (bicyclic) bond motifs is 2. The second-order valence-electron chi connectivity index (χ2n) is 5.80. The molecule has 3 heteroatoms. The molecule has 2 heterocycles. The largest absolute Gasteiger partial charge is 0.464 e. The molecule has 1 aliphatic heterocycles. The third kappa shape index (κ3) is 1.88. The van der Waals surface area contributed by atoms with E-state index >= 15 is 4.39 Å². The van der Waals surface area contributed by atoms with Crippen LogP contribution in [-0.4, -0.2) is 18.5 Å². The lowest BCUT2D eigenvalue weighted by Crippen LogP contribution is -2.41. The fourth-order valence-corrected chi connectivity index (χ4v) is 3.30. The Morgan fingerprint density at radius 3 is 2.90 bits per heavy atom. The molecular formula is C18H16FNO. The molecule has 0 amide bonds. The van der Waals surface area contributed by atoms with Crippen molar-refractivity contribution >= 4 is 11.0 Å². The first-order valence-corrected chi connectivity index (χ1v) is 7.10. The molecule has 0 fully saturated rings. The standard InChI is InChI=1S/C18H16FNO/c1-20-11-14-4-2-3-5-16(14)18(19,12-20)15-7-6-13-8-9-21-17(13)10-15/h2-10H,11-12H2,1H3. The van der Waals surface area contributed by atoms with E-state index in [1.807, 2.05) is 60.5 Å². The van der Waals surface area contributed by atoms with Crippen LogP contribution in [0.2, 0.25) is 0 Å². The second kappa shape index (κ2) is 4.43. The number of rotatable bonds is 1. The average Bonchev–Trinajstić information content (AvgIpc) is 2.94. The molecule has 1 aliphatic rings. The number of hydrogen-bond acceptors (Lipinski definition) is 2. The van der Waals surface area contributed by atoms with Gasteiger partial charge in [-0.1, -0.05) is 36.4 Å². The lowest BCUT2D eigenvalue weighted by molar-refractivity contribution is 0.121. The first kappa shape index (κ1) is 12.6. The molecule has 3 aromatic rings. The van der Waals surface area contributed by atoms with E-state index in [1.54, 1.807) is 6.26 Å². The molecule has 1 aromatic heterocycles. The second-order valence-corrected chi connectivity index (χ2v) is 5.80. The van der Waals surface area contributed by atoms with E-state index in [9.17, 15) is 0 Å². The lowest BCUT2D eigenvalue weighted by atomic mass is 9.82. The highest BCUT2D eigenvalue weighted by Gasteiger charge is 2.40. The zero-order chi connectivity index (χ0) is 14.4. The van der Waals surface area contributed by atoms with Crippen LogP contribution in [-0.2, 0) is 12.2 Å². The summed E-state index contributed by atoms with van der Waals surface area (Å²) in [5, 5.41) is 1.000. The maximum absolute atomic E-state index is 15.9. The summed E-state index contributed by atoms with van der Waals surface area (Å²) in [5.41, 5.74) is 1.71. The summed E-state index contributed by atoms with van der Waals surface area (Å²) in [6.07, 6.45) is 1.64. The molecule has 1 unspecified atom stereocenters. The predicted octanol–water partition coefficient (Wildman–Crippen LogP) is 4.09. The number of likely N-dealkylation sites (N-methyl/N-ethyl adjacent to an activating group) is 1. The Morgan fingerprint density at radius 2 is 2.00 bits per heavy atom. The minimum atomic E-state index is -1.50. The van der Waals surface area contributed by atoms with Crippen molar-refractivity contribution < 1.29 is 8.81 Å². The van der Waals surface area contributed by atoms with Gasteiger partial charge >= 0.3 is 0 Å². The van der Waals surface area contributed by atoms with Crippen molar-refractivity contribution in [1.82, 2.24) is 4.90 Å². The van der Waals surface area contributed by atoms with Gasteiger partial charge in [0.15, 0.2) is 5.67 Å². The number of hydrogen-bond donors (Lipinski definition) is 0. The molecule has 0 saturated heterocycles. The highest BCUT2D eigenvalue weighted by Crippen LogP contribution is 2.41. The Kier molecular flexibility index (Phi) is 2.66. The van der Waals surface area contributed by atoms with Gasteiger partial charge in [-0.15, -0.1) is 0 Å². The van der Waals surface area contributed by atoms with Crippen LogP contribution < -0.4 is 0 Å². The summed E-state index contributed by atoms with van der Waals surface area (Å²) in [6, 6.07) is 15.3. The van der Waals surface area contributed by atoms with E-state index in [2.05, 4.69) is 0 Å². The van der Waals surface area contributed by atoms with Crippen LogP contribution in [0.3, 0.4) is 0 Å². The fraction of sp³-hybridized carbons (Fsp3) is 0.222. The van der Waals surface area contributed by atoms with Gasteiger partial charge in [0.1, 0.15) is 5.58 Å². The Labute approximate surface area is 122 Å². The first-order valence-electron chi connectivity index (χ1n) is 7.10. The monoisotopic (exact) mass is 281 g/mol. The van der Waals surface area contributed by atoms with Crippen LogP contribution >= 0.6 is 0 Å². The van der Waals surface area contributed by atoms with Crippen LogP contribution in [0.5, 0.6) is 0 Å². The molecular weight excluding hydrogens is 265 g/mol. The molecule has 2 aromatic carbocycles. The summed E-state index contributed by atoms with van der Waals surface area (Å²) in [4.78, 5) is 2.02. The SMILES string of the molecule is CN1Cc2ccccc2C(F)(c2ccc3ccoc3c2)C1. The number of benzene rings is 2. The van der Waals surface area contributed by atoms with E-state index in [1.165, 1.54) is 0 Å². The molecule has 0 N–H and O–H groups in total. The molecule has 0 spiro atoms. The van der Waals surface area contributed by atoms with Crippen molar-refractivity contribution in [2.45, 2.75) is 12.2 Å². The van der Waals surface area contributed by atoms with Crippen molar-refractivity contribution in [3.63, 3.8) is 0 Å². The van der Waals surface area contributed by atoms with Gasteiger partial charge in [-0.25, -0.2) is 4.39 Å². The maximum atomic E-state index is 15.9. The summed E-state index contributed by atoms with van der Waals surface area (Å²) in [6.45, 7) is 1.14. The van der Waals surface area contributed by atoms with Crippen LogP contribution in [0.4, 0.5) is 4.39 Å². The van der Waals surface area contributed by atoms with Crippen molar-refractivity contribution in [3.8, 4) is 0 Å². The van der Waals surface area contributed by atoms with Crippen LogP contribution in [0, 0.1) is 0 Å². The number of alkyl halides is 1. The van der Waals surface area contributed by atoms with Gasteiger partial charge in [-0.2, -0.15) is 0 Å². The van der Waals surface area contributed by atoms with Gasteiger partial charge < -0.3 is 4.42 Å². The average molecular weight is 281 g/mol. The Hall–Kier alpha value is -2.13. The van der Waals surface area contributed by atoms with E-state index in [0.29, 0.717) is 12.1 Å². The Balaban J connectivity index is 1.92. The highest BCUT2D eigenvalue weighted by molar-refractivity contribution is 5.78. The molecule has 1 atom stereocenters. The topological polar surface area (TPSA) is 16.4 Å². The summed E-state index contributed by atoms with van der Waals surface area (Å²) < 4.78 is 21.3. The molecule has 106 valence electrons. The zero-order valence-corrected chi connectivity index (χ0v) is 11.8. The van der Waals surface area contributed by atoms with E-state index < -0.39 is 5.67 Å². The molecule has 0 radical (unpaired) electrons. The third-order valence-corrected chi connectivity index (χ3v) is 4.29. The number of furan rings is 1. The Bertz CT molecular complexity index is 810. The van der Waals surface area contributed by atoms with Gasteiger partial charge in [0.2, 0.25) is 0 Å². The van der Waals surface area contributed by atoms with Crippen LogP contribution in [0.1, 0.15) is 16.7 Å². The molecule has 21 heavy (non-hydrogen) atoms. The van der Waals surface area contributed by atoms with Gasteiger partial charge in [-0.3, -0.25) is 4.90 Å². The molecule has 2 nitrogen and oxygen atoms in total. The maximum Gasteiger partial charge on any atom is 0.174 e. The van der Waals surface area contributed by atoms with Gasteiger partial charge in [0.25, 0.3) is 0 Å². The van der Waals surface area contributed by atoms with Crippen molar-refractivity contribution in [1.29, 1.82) is 0 Å². The molecule has 0 bridgehead atoms. The highest BCUT2D eigenvalue weighted by atomic mass is 19.1. The van der Waals surface area contributed by atoms with Gasteiger partial charge in [-0.05, 0) is 35.9 Å². The number of halogens is 1. The van der Waals surface area contributed by atoms with E-state index in [4.69, 9.17) is 4.42 Å². The van der Waals surface area contributed by atoms with Crippen LogP contribution in [0.15, 0.2) is 59.2 Å². The summed E-state index contributed by atoms with van der Waals surface area (Å²) >= 11 is 0. The Morgan fingerprint density at radius 1 is 1.14 bits per heavy atom. The van der Waals surface area contributed by atoms with E-state index in [0.717, 1.165) is 28.6 Å². The lowest BCUT2D eigenvalue weighted by Gasteiger charge is -2.37. The van der Waals surface area contributed by atoms with Gasteiger partial charge in [0, 0.05) is 18.5 Å². The van der Waals surface area contributed by atoms with Crippen LogP contribution in [0.25, 0.3) is 11.0 Å². The smallest absolute Gasteiger partial charge is 0.174 e. The molecule has 0 aliphatic carbocycles. The normalized spacial score (nSPS) is 22.4. The van der Waals surface area contributed by atoms with E-state index in [-0.39, 0.29) is 0 Å². The first-order chi connectivity index (χ1) is 10.2. The minimum absolute atomic E-state index is 0.357. The van der Waals surface area contributed by atoms with Crippen molar-refractivity contribution in [2.75, 3.05) is 13.6 Å². The number of nitrogens with zero attached hydrogens (tertiary/aromatic N) is 1. The quantitative estimate of drug-likeness (QED) is 0.668. The minimum Gasteiger partial charge on any atom is -0.464 e. The zero-order valence-electron chi connectivity index (χ0n) is 11.8. The summed E-state index contributed by atoms with van der Waals surface area (Å²) in [5.74, 6) is 0. The van der Waals surface area contributed by atoms with Crippen molar-refractivity contribution in [3.05, 3.63) is 71.5 Å². The molecule has 0 saturated carbocycles. The predicted molar refractivity (Wildman–Crippen MR) is 80.9 cm³/mol. The fourth-order valence-electron chi connectivity index (χ4n) is 3.30. The molecule has 4 rings (SSSR count). The van der Waals surface area contributed by atoms with Crippen molar-refractivity contribution in [2.24, 2.45) is 0 Å². The van der Waals surface area contributed by atoms with Gasteiger partial charge in [0.05, 0.1) is 6.26 Å². The third-order valence-electron chi connectivity index (χ3n) is 4.29. The summed E-state index contributed by atoms with van der Waals surface area (Å²) in [7, 11) is 1.95.